The summed E-state index contributed by atoms with van der Waals surface area (Å²) in [5, 5.41) is 9.29. The van der Waals surface area contributed by atoms with Crippen molar-refractivity contribution in [1.82, 2.24) is 0 Å². The van der Waals surface area contributed by atoms with Crippen molar-refractivity contribution < 1.29 is 9.90 Å². The van der Waals surface area contributed by atoms with Gasteiger partial charge in [0.2, 0.25) is 0 Å². The largest absolute Gasteiger partial charge is 0.507 e. The highest BCUT2D eigenvalue weighted by Crippen LogP contribution is 2.17. The summed E-state index contributed by atoms with van der Waals surface area (Å²) in [6.07, 6.45) is 8.13. The molecule has 0 unspecified atom stereocenters. The lowest BCUT2D eigenvalue weighted by Crippen LogP contribution is -1.82. The van der Waals surface area contributed by atoms with Gasteiger partial charge in [0.25, 0.3) is 0 Å². The van der Waals surface area contributed by atoms with Crippen LogP contribution in [0.3, 0.4) is 0 Å². The maximum Gasteiger partial charge on any atom is 0.153 e. The van der Waals surface area contributed by atoms with Crippen molar-refractivity contribution in [3.8, 4) is 5.75 Å². The second kappa shape index (κ2) is 6.02. The fraction of sp³-hybridized carbons (Fsp3) is 0.308. The Labute approximate surface area is 90.3 Å². The van der Waals surface area contributed by atoms with Crippen LogP contribution in [-0.4, -0.2) is 11.4 Å². The molecule has 1 aromatic carbocycles. The first-order valence-electron chi connectivity index (χ1n) is 5.22. The van der Waals surface area contributed by atoms with Gasteiger partial charge < -0.3 is 5.11 Å². The Balaban J connectivity index is 2.69. The van der Waals surface area contributed by atoms with Crippen molar-refractivity contribution in [2.75, 3.05) is 0 Å². The van der Waals surface area contributed by atoms with Gasteiger partial charge in [0.05, 0.1) is 5.56 Å². The summed E-state index contributed by atoms with van der Waals surface area (Å²) in [6.45, 7) is 2.15. The van der Waals surface area contributed by atoms with Crippen molar-refractivity contribution in [3.05, 3.63) is 35.4 Å². The summed E-state index contributed by atoms with van der Waals surface area (Å²) in [5.41, 5.74) is 1.29. The summed E-state index contributed by atoms with van der Waals surface area (Å²) in [5.74, 6) is 0.0377. The van der Waals surface area contributed by atoms with Gasteiger partial charge in [0.1, 0.15) is 5.75 Å². The number of phenols is 1. The Morgan fingerprint density at radius 1 is 1.40 bits per heavy atom. The number of unbranched alkanes of at least 4 members (excludes halogenated alkanes) is 2. The van der Waals surface area contributed by atoms with E-state index in [1.165, 1.54) is 12.8 Å². The number of benzene rings is 1. The van der Waals surface area contributed by atoms with E-state index in [1.807, 2.05) is 6.08 Å². The van der Waals surface area contributed by atoms with E-state index >= 15 is 0 Å². The van der Waals surface area contributed by atoms with Gasteiger partial charge in [0, 0.05) is 0 Å². The molecule has 2 nitrogen and oxygen atoms in total. The van der Waals surface area contributed by atoms with Crippen LogP contribution in [0.25, 0.3) is 6.08 Å². The number of carbonyl (C=O) groups is 1. The molecule has 1 aromatic rings. The van der Waals surface area contributed by atoms with Crippen LogP contribution in [-0.2, 0) is 0 Å². The van der Waals surface area contributed by atoms with Gasteiger partial charge in [-0.2, -0.15) is 0 Å². The van der Waals surface area contributed by atoms with Crippen molar-refractivity contribution in [2.24, 2.45) is 0 Å². The first-order chi connectivity index (χ1) is 7.27. The quantitative estimate of drug-likeness (QED) is 0.589. The molecule has 1 rings (SSSR count). The summed E-state index contributed by atoms with van der Waals surface area (Å²) in [4.78, 5) is 10.6. The third-order valence-electron chi connectivity index (χ3n) is 2.21. The molecule has 2 heteroatoms. The van der Waals surface area contributed by atoms with Gasteiger partial charge in [-0.1, -0.05) is 38.0 Å². The minimum absolute atomic E-state index is 0.0377. The lowest BCUT2D eigenvalue weighted by Gasteiger charge is -1.98. The molecule has 0 atom stereocenters. The van der Waals surface area contributed by atoms with E-state index in [2.05, 4.69) is 13.0 Å². The Morgan fingerprint density at radius 2 is 2.20 bits per heavy atom. The number of hydrogen-bond donors (Lipinski definition) is 1. The highest BCUT2D eigenvalue weighted by Gasteiger charge is 1.98. The van der Waals surface area contributed by atoms with E-state index in [4.69, 9.17) is 0 Å². The number of aldehydes is 1. The van der Waals surface area contributed by atoms with Crippen molar-refractivity contribution in [2.45, 2.75) is 26.2 Å². The minimum Gasteiger partial charge on any atom is -0.507 e. The molecular formula is C13H16O2. The fourth-order valence-corrected chi connectivity index (χ4v) is 1.31. The Kier molecular flexibility index (Phi) is 4.61. The number of allylic oxidation sites excluding steroid dienone is 1. The molecule has 0 spiro atoms. The molecular weight excluding hydrogens is 188 g/mol. The molecule has 0 radical (unpaired) electrons. The number of phenolic OH excluding ortho intramolecular Hbond substituents is 1. The zero-order chi connectivity index (χ0) is 11.1. The Bertz CT molecular complexity index is 354. The van der Waals surface area contributed by atoms with Gasteiger partial charge in [-0.3, -0.25) is 4.79 Å². The minimum atomic E-state index is 0.0377. The average Bonchev–Trinajstić information content (AvgIpc) is 2.26. The van der Waals surface area contributed by atoms with Crippen LogP contribution < -0.4 is 0 Å². The van der Waals surface area contributed by atoms with E-state index in [1.54, 1.807) is 18.2 Å². The molecule has 0 aliphatic rings. The van der Waals surface area contributed by atoms with E-state index < -0.39 is 0 Å². The molecule has 1 N–H and O–H groups in total. The summed E-state index contributed by atoms with van der Waals surface area (Å²) < 4.78 is 0. The zero-order valence-corrected chi connectivity index (χ0v) is 8.94. The third-order valence-corrected chi connectivity index (χ3v) is 2.21. The Hall–Kier alpha value is -1.57. The van der Waals surface area contributed by atoms with Crippen molar-refractivity contribution in [1.29, 1.82) is 0 Å². The SMILES string of the molecule is CCCCC=Cc1ccc(O)c(C=O)c1. The maximum atomic E-state index is 10.6. The summed E-state index contributed by atoms with van der Waals surface area (Å²) >= 11 is 0. The molecule has 0 saturated carbocycles. The second-order valence-corrected chi connectivity index (χ2v) is 3.48. The van der Waals surface area contributed by atoms with Crippen LogP contribution in [0.1, 0.15) is 42.1 Å². The Morgan fingerprint density at radius 3 is 2.87 bits per heavy atom. The van der Waals surface area contributed by atoms with E-state index in [0.717, 1.165) is 12.0 Å². The maximum absolute atomic E-state index is 10.6. The zero-order valence-electron chi connectivity index (χ0n) is 8.94. The molecule has 0 amide bonds. The van der Waals surface area contributed by atoms with E-state index in [-0.39, 0.29) is 5.75 Å². The first kappa shape index (κ1) is 11.5. The monoisotopic (exact) mass is 204 g/mol. The third kappa shape index (κ3) is 3.58. The van der Waals surface area contributed by atoms with Gasteiger partial charge in [0.15, 0.2) is 6.29 Å². The number of rotatable bonds is 5. The smallest absolute Gasteiger partial charge is 0.153 e. The lowest BCUT2D eigenvalue weighted by atomic mass is 10.1. The predicted molar refractivity (Wildman–Crippen MR) is 62.1 cm³/mol. The molecule has 15 heavy (non-hydrogen) atoms. The molecule has 0 aliphatic carbocycles. The van der Waals surface area contributed by atoms with Crippen LogP contribution in [0, 0.1) is 0 Å². The van der Waals surface area contributed by atoms with Crippen LogP contribution >= 0.6 is 0 Å². The molecule has 0 aliphatic heterocycles. The molecule has 80 valence electrons. The van der Waals surface area contributed by atoms with Crippen molar-refractivity contribution in [3.63, 3.8) is 0 Å². The normalized spacial score (nSPS) is 10.7. The molecule has 0 aromatic heterocycles. The number of aromatic hydroxyl groups is 1. The molecule has 0 heterocycles. The van der Waals surface area contributed by atoms with Gasteiger partial charge >= 0.3 is 0 Å². The molecule has 0 bridgehead atoms. The standard InChI is InChI=1S/C13H16O2/c1-2-3-4-5-6-11-7-8-13(15)12(9-11)10-14/h5-10,15H,2-4H2,1H3. The topological polar surface area (TPSA) is 37.3 Å². The molecule has 0 fully saturated rings. The van der Waals surface area contributed by atoms with E-state index in [0.29, 0.717) is 11.8 Å². The van der Waals surface area contributed by atoms with Gasteiger partial charge in [-0.15, -0.1) is 0 Å². The molecule has 0 saturated heterocycles. The fourth-order valence-electron chi connectivity index (χ4n) is 1.31. The highest BCUT2D eigenvalue weighted by molar-refractivity contribution is 5.80. The average molecular weight is 204 g/mol. The summed E-state index contributed by atoms with van der Waals surface area (Å²) in [6, 6.07) is 5.03. The second-order valence-electron chi connectivity index (χ2n) is 3.48. The van der Waals surface area contributed by atoms with Crippen LogP contribution in [0.5, 0.6) is 5.75 Å². The highest BCUT2D eigenvalue weighted by atomic mass is 16.3. The van der Waals surface area contributed by atoms with Gasteiger partial charge in [-0.25, -0.2) is 0 Å². The number of carbonyl (C=O) groups excluding carboxylic acids is 1. The van der Waals surface area contributed by atoms with Gasteiger partial charge in [-0.05, 0) is 24.1 Å². The van der Waals surface area contributed by atoms with Crippen molar-refractivity contribution >= 4 is 12.4 Å². The summed E-state index contributed by atoms with van der Waals surface area (Å²) in [7, 11) is 0. The predicted octanol–water partition coefficient (Wildman–Crippen LogP) is 3.41. The van der Waals surface area contributed by atoms with Crippen LogP contribution in [0.2, 0.25) is 0 Å². The van der Waals surface area contributed by atoms with Crippen LogP contribution in [0.15, 0.2) is 24.3 Å². The number of hydrogen-bond acceptors (Lipinski definition) is 2. The lowest BCUT2D eigenvalue weighted by molar-refractivity contribution is 0.112. The van der Waals surface area contributed by atoms with E-state index in [9.17, 15) is 9.90 Å². The first-order valence-corrected chi connectivity index (χ1v) is 5.22. The van der Waals surface area contributed by atoms with Crippen LogP contribution in [0.4, 0.5) is 0 Å².